The van der Waals surface area contributed by atoms with Gasteiger partial charge in [0.05, 0.1) is 30.5 Å². The van der Waals surface area contributed by atoms with Crippen molar-refractivity contribution in [3.8, 4) is 0 Å². The normalized spacial score (nSPS) is 10.8. The molecule has 0 atom stereocenters. The summed E-state index contributed by atoms with van der Waals surface area (Å²) in [5, 5.41) is 11.7. The third-order valence-corrected chi connectivity index (χ3v) is 4.79. The smallest absolute Gasteiger partial charge is 0.259 e. The van der Waals surface area contributed by atoms with E-state index in [1.807, 2.05) is 71.0 Å². The molecular weight excluding hydrogens is 362 g/mol. The van der Waals surface area contributed by atoms with Gasteiger partial charge < -0.3 is 5.32 Å². The molecule has 29 heavy (non-hydrogen) atoms. The Kier molecular flexibility index (Phi) is 5.52. The minimum Gasteiger partial charge on any atom is -0.322 e. The largest absolute Gasteiger partial charge is 0.322 e. The lowest BCUT2D eigenvalue weighted by atomic mass is 10.1. The van der Waals surface area contributed by atoms with Crippen LogP contribution in [-0.2, 0) is 19.5 Å². The lowest BCUT2D eigenvalue weighted by Crippen LogP contribution is -2.15. The highest BCUT2D eigenvalue weighted by Crippen LogP contribution is 2.17. The predicted molar refractivity (Wildman–Crippen MR) is 113 cm³/mol. The molecule has 6 nitrogen and oxygen atoms in total. The summed E-state index contributed by atoms with van der Waals surface area (Å²) in [6.45, 7) is 3.35. The number of anilines is 1. The van der Waals surface area contributed by atoms with Crippen LogP contribution in [0.5, 0.6) is 0 Å². The molecule has 2 aromatic carbocycles. The maximum atomic E-state index is 12.9. The van der Waals surface area contributed by atoms with Crippen molar-refractivity contribution >= 4 is 11.6 Å². The lowest BCUT2D eigenvalue weighted by molar-refractivity contribution is 0.102. The third kappa shape index (κ3) is 4.43. The SMILES string of the molecule is CCc1c(C(=O)Nc2cccc(Cn3cccn3)c2)cnn1Cc1ccccc1. The highest BCUT2D eigenvalue weighted by atomic mass is 16.1. The molecule has 0 aliphatic heterocycles. The van der Waals surface area contributed by atoms with E-state index in [-0.39, 0.29) is 5.91 Å². The zero-order chi connectivity index (χ0) is 20.1. The van der Waals surface area contributed by atoms with Crippen molar-refractivity contribution < 1.29 is 4.79 Å². The van der Waals surface area contributed by atoms with Gasteiger partial charge in [-0.3, -0.25) is 14.2 Å². The van der Waals surface area contributed by atoms with Crippen molar-refractivity contribution in [1.82, 2.24) is 19.6 Å². The fourth-order valence-corrected chi connectivity index (χ4v) is 3.39. The number of rotatable bonds is 7. The number of carbonyl (C=O) groups excluding carboxylic acids is 1. The van der Waals surface area contributed by atoms with Crippen LogP contribution in [0.1, 0.15) is 34.1 Å². The van der Waals surface area contributed by atoms with E-state index >= 15 is 0 Å². The number of hydrogen-bond donors (Lipinski definition) is 1. The standard InChI is InChI=1S/C23H23N5O/c1-2-22-21(15-25-28(22)17-18-8-4-3-5-9-18)23(29)26-20-11-6-10-19(14-20)16-27-13-7-12-24-27/h3-15H,2,16-17H2,1H3,(H,26,29). The molecular formula is C23H23N5O. The first-order chi connectivity index (χ1) is 14.2. The number of nitrogens with one attached hydrogen (secondary N) is 1. The Labute approximate surface area is 169 Å². The van der Waals surface area contributed by atoms with Crippen LogP contribution >= 0.6 is 0 Å². The minimum atomic E-state index is -0.141. The van der Waals surface area contributed by atoms with Crippen molar-refractivity contribution in [1.29, 1.82) is 0 Å². The van der Waals surface area contributed by atoms with Gasteiger partial charge in [0, 0.05) is 18.1 Å². The molecule has 1 amide bonds. The molecule has 0 spiro atoms. The molecule has 0 bridgehead atoms. The number of hydrogen-bond acceptors (Lipinski definition) is 3. The van der Waals surface area contributed by atoms with Gasteiger partial charge in [0.1, 0.15) is 0 Å². The van der Waals surface area contributed by atoms with Gasteiger partial charge >= 0.3 is 0 Å². The molecule has 2 heterocycles. The minimum absolute atomic E-state index is 0.141. The van der Waals surface area contributed by atoms with Gasteiger partial charge in [-0.05, 0) is 35.7 Å². The van der Waals surface area contributed by atoms with E-state index < -0.39 is 0 Å². The summed E-state index contributed by atoms with van der Waals surface area (Å²) < 4.78 is 3.75. The monoisotopic (exact) mass is 385 g/mol. The van der Waals surface area contributed by atoms with Crippen LogP contribution in [0, 0.1) is 0 Å². The number of nitrogens with zero attached hydrogens (tertiary/aromatic N) is 4. The summed E-state index contributed by atoms with van der Waals surface area (Å²) in [5.41, 5.74) is 4.53. The molecule has 0 aliphatic carbocycles. The van der Waals surface area contributed by atoms with Gasteiger partial charge in [0.15, 0.2) is 0 Å². The van der Waals surface area contributed by atoms with E-state index in [0.717, 1.165) is 28.9 Å². The molecule has 1 N–H and O–H groups in total. The first-order valence-corrected chi connectivity index (χ1v) is 9.69. The molecule has 4 rings (SSSR count). The van der Waals surface area contributed by atoms with E-state index in [9.17, 15) is 4.79 Å². The quantitative estimate of drug-likeness (QED) is 0.523. The van der Waals surface area contributed by atoms with Crippen LogP contribution in [0.4, 0.5) is 5.69 Å². The zero-order valence-corrected chi connectivity index (χ0v) is 16.3. The summed E-state index contributed by atoms with van der Waals surface area (Å²) in [6.07, 6.45) is 6.06. The maximum Gasteiger partial charge on any atom is 0.259 e. The van der Waals surface area contributed by atoms with Gasteiger partial charge in [-0.15, -0.1) is 0 Å². The van der Waals surface area contributed by atoms with Crippen LogP contribution < -0.4 is 5.32 Å². The molecule has 0 radical (unpaired) electrons. The van der Waals surface area contributed by atoms with Gasteiger partial charge in [-0.1, -0.05) is 49.4 Å². The Morgan fingerprint density at radius 2 is 1.79 bits per heavy atom. The van der Waals surface area contributed by atoms with E-state index in [2.05, 4.69) is 27.6 Å². The molecule has 2 aromatic heterocycles. The van der Waals surface area contributed by atoms with Crippen LogP contribution in [0.25, 0.3) is 0 Å². The Morgan fingerprint density at radius 3 is 2.55 bits per heavy atom. The van der Waals surface area contributed by atoms with Gasteiger partial charge in [0.2, 0.25) is 0 Å². The molecule has 0 saturated heterocycles. The van der Waals surface area contributed by atoms with E-state index in [1.54, 1.807) is 12.4 Å². The summed E-state index contributed by atoms with van der Waals surface area (Å²) in [6, 6.07) is 19.9. The molecule has 0 unspecified atom stereocenters. The average Bonchev–Trinajstić information content (AvgIpc) is 3.38. The van der Waals surface area contributed by atoms with Gasteiger partial charge in [-0.25, -0.2) is 0 Å². The molecule has 0 saturated carbocycles. The van der Waals surface area contributed by atoms with Gasteiger partial charge in [-0.2, -0.15) is 10.2 Å². The third-order valence-electron chi connectivity index (χ3n) is 4.79. The van der Waals surface area contributed by atoms with Crippen molar-refractivity contribution in [2.24, 2.45) is 0 Å². The zero-order valence-electron chi connectivity index (χ0n) is 16.3. The van der Waals surface area contributed by atoms with Gasteiger partial charge in [0.25, 0.3) is 5.91 Å². The van der Waals surface area contributed by atoms with Crippen LogP contribution in [0.2, 0.25) is 0 Å². The van der Waals surface area contributed by atoms with Crippen molar-refractivity contribution in [3.05, 3.63) is 102 Å². The van der Waals surface area contributed by atoms with E-state index in [4.69, 9.17) is 0 Å². The summed E-state index contributed by atoms with van der Waals surface area (Å²) >= 11 is 0. The highest BCUT2D eigenvalue weighted by Gasteiger charge is 2.16. The van der Waals surface area contributed by atoms with Crippen LogP contribution in [0.3, 0.4) is 0 Å². The fraction of sp³-hybridized carbons (Fsp3) is 0.174. The van der Waals surface area contributed by atoms with Crippen molar-refractivity contribution in [2.75, 3.05) is 5.32 Å². The molecule has 6 heteroatoms. The molecule has 0 fully saturated rings. The number of benzene rings is 2. The van der Waals surface area contributed by atoms with Crippen molar-refractivity contribution in [3.63, 3.8) is 0 Å². The number of carbonyl (C=O) groups is 1. The number of aromatic nitrogens is 4. The number of amides is 1. The summed E-state index contributed by atoms with van der Waals surface area (Å²) in [4.78, 5) is 12.9. The maximum absolute atomic E-state index is 12.9. The topological polar surface area (TPSA) is 64.7 Å². The summed E-state index contributed by atoms with van der Waals surface area (Å²) in [7, 11) is 0. The van der Waals surface area contributed by atoms with E-state index in [0.29, 0.717) is 18.7 Å². The Morgan fingerprint density at radius 1 is 0.966 bits per heavy atom. The molecule has 4 aromatic rings. The Hall–Kier alpha value is -3.67. The van der Waals surface area contributed by atoms with Crippen LogP contribution in [0.15, 0.2) is 79.3 Å². The highest BCUT2D eigenvalue weighted by molar-refractivity contribution is 6.05. The molecule has 146 valence electrons. The second-order valence-corrected chi connectivity index (χ2v) is 6.86. The first-order valence-electron chi connectivity index (χ1n) is 9.69. The summed E-state index contributed by atoms with van der Waals surface area (Å²) in [5.74, 6) is -0.141. The molecule has 0 aliphatic rings. The Bertz CT molecular complexity index is 1080. The average molecular weight is 385 g/mol. The lowest BCUT2D eigenvalue weighted by Gasteiger charge is -2.10. The van der Waals surface area contributed by atoms with Crippen LogP contribution in [-0.4, -0.2) is 25.5 Å². The fourth-order valence-electron chi connectivity index (χ4n) is 3.39. The predicted octanol–water partition coefficient (Wildman–Crippen LogP) is 3.99. The second kappa shape index (κ2) is 8.56. The second-order valence-electron chi connectivity index (χ2n) is 6.86. The van der Waals surface area contributed by atoms with Crippen molar-refractivity contribution in [2.45, 2.75) is 26.4 Å². The van der Waals surface area contributed by atoms with E-state index in [1.165, 1.54) is 0 Å². The first kappa shape index (κ1) is 18.7. The Balaban J connectivity index is 1.50.